The summed E-state index contributed by atoms with van der Waals surface area (Å²) in [5, 5.41) is 2.46. The molecule has 1 unspecified atom stereocenters. The van der Waals surface area contributed by atoms with E-state index in [2.05, 4.69) is 0 Å². The lowest BCUT2D eigenvalue weighted by atomic mass is 10.1. The highest BCUT2D eigenvalue weighted by molar-refractivity contribution is 7.80. The highest BCUT2D eigenvalue weighted by Crippen LogP contribution is 2.32. The molecule has 1 atom stereocenters. The van der Waals surface area contributed by atoms with Crippen LogP contribution in [-0.4, -0.2) is 21.9 Å². The van der Waals surface area contributed by atoms with Crippen molar-refractivity contribution in [1.82, 2.24) is 0 Å². The number of fused-ring (bicyclic) bond motifs is 1. The molecule has 0 saturated heterocycles. The van der Waals surface area contributed by atoms with Gasteiger partial charge in [0.15, 0.2) is 0 Å². The van der Waals surface area contributed by atoms with Crippen LogP contribution in [-0.2, 0) is 11.3 Å². The van der Waals surface area contributed by atoms with E-state index in [4.69, 9.17) is 17.3 Å². The largest absolute Gasteiger partial charge is 0.330 e. The monoisotopic (exact) mass is 396 g/mol. The topological polar surface area (TPSA) is 66.6 Å². The van der Waals surface area contributed by atoms with Crippen LogP contribution in [0.2, 0.25) is 5.02 Å². The molecule has 0 saturated carbocycles. The lowest BCUT2D eigenvalue weighted by molar-refractivity contribution is 0.550. The lowest BCUT2D eigenvalue weighted by Crippen LogP contribution is -2.26. The molecule has 2 rings (SSSR count). The van der Waals surface area contributed by atoms with Crippen molar-refractivity contribution >= 4 is 39.3 Å². The van der Waals surface area contributed by atoms with Crippen molar-refractivity contribution in [3.63, 3.8) is 0 Å². The predicted molar refractivity (Wildman–Crippen MR) is 113 cm³/mol. The summed E-state index contributed by atoms with van der Waals surface area (Å²) in [6.07, 6.45) is 9.18. The summed E-state index contributed by atoms with van der Waals surface area (Å²) >= 11 is 4.21. The fourth-order valence-corrected chi connectivity index (χ4v) is 4.07. The van der Waals surface area contributed by atoms with Gasteiger partial charge in [-0.1, -0.05) is 74.4 Å². The van der Waals surface area contributed by atoms with Crippen molar-refractivity contribution < 1.29 is 8.76 Å². The molecule has 0 heterocycles. The Morgan fingerprint density at radius 1 is 0.885 bits per heavy atom. The van der Waals surface area contributed by atoms with Gasteiger partial charge >= 0.3 is 0 Å². The first-order valence-corrected chi connectivity index (χ1v) is 10.8. The third-order valence-electron chi connectivity index (χ3n) is 4.62. The van der Waals surface area contributed by atoms with Gasteiger partial charge in [0.1, 0.15) is 0 Å². The molecule has 6 heteroatoms. The number of rotatable bonds is 12. The molecule has 0 amide bonds. The number of halogens is 1. The van der Waals surface area contributed by atoms with Crippen LogP contribution in [0.3, 0.4) is 0 Å². The number of nitrogens with two attached hydrogens (primary N) is 1. The standard InChI is InChI=1S/C20H29ClN2O2S/c21-19-13-9-12-18-17(19)11-10-14-20(18)23(26(24)25)16-8-6-4-2-1-3-5-7-15-22/h9-14H,1-8,15-16,22H2,(H,24,25). The van der Waals surface area contributed by atoms with Crippen molar-refractivity contribution in [1.29, 1.82) is 0 Å². The Morgan fingerprint density at radius 2 is 1.46 bits per heavy atom. The number of hydrogen-bond acceptors (Lipinski definition) is 2. The zero-order valence-corrected chi connectivity index (χ0v) is 16.8. The SMILES string of the molecule is NCCCCCCCCCCN(c1cccc2c(Cl)cccc12)S(=O)O. The van der Waals surface area contributed by atoms with Gasteiger partial charge in [0.2, 0.25) is 0 Å². The van der Waals surface area contributed by atoms with Crippen LogP contribution in [0.5, 0.6) is 0 Å². The molecule has 0 fully saturated rings. The van der Waals surface area contributed by atoms with Crippen LogP contribution < -0.4 is 10.0 Å². The van der Waals surface area contributed by atoms with E-state index in [0.29, 0.717) is 11.6 Å². The first-order chi connectivity index (χ1) is 12.6. The Morgan fingerprint density at radius 3 is 2.12 bits per heavy atom. The maximum Gasteiger partial charge on any atom is 0.261 e. The summed E-state index contributed by atoms with van der Waals surface area (Å²) in [6.45, 7) is 1.34. The van der Waals surface area contributed by atoms with Gasteiger partial charge in [0.05, 0.1) is 5.69 Å². The third-order valence-corrected chi connectivity index (χ3v) is 5.70. The molecule has 0 aliphatic carbocycles. The minimum atomic E-state index is -2.05. The molecule has 0 aliphatic rings. The molecule has 2 aromatic carbocycles. The minimum absolute atomic E-state index is 0.557. The molecule has 0 aromatic heterocycles. The van der Waals surface area contributed by atoms with Crippen LogP contribution >= 0.6 is 11.6 Å². The van der Waals surface area contributed by atoms with Gasteiger partial charge < -0.3 is 5.73 Å². The molecular formula is C20H29ClN2O2S. The van der Waals surface area contributed by atoms with Crippen molar-refractivity contribution in [2.45, 2.75) is 51.4 Å². The maximum atomic E-state index is 11.9. The maximum absolute atomic E-state index is 11.9. The molecule has 4 nitrogen and oxygen atoms in total. The minimum Gasteiger partial charge on any atom is -0.330 e. The average molecular weight is 397 g/mol. The summed E-state index contributed by atoms with van der Waals surface area (Å²) in [4.78, 5) is 0. The Balaban J connectivity index is 1.88. The summed E-state index contributed by atoms with van der Waals surface area (Å²) in [5.74, 6) is 0. The first kappa shape index (κ1) is 21.2. The van der Waals surface area contributed by atoms with E-state index in [0.717, 1.165) is 48.7 Å². The number of benzene rings is 2. The zero-order chi connectivity index (χ0) is 18.8. The summed E-state index contributed by atoms with van der Waals surface area (Å²) in [7, 11) is 0. The van der Waals surface area contributed by atoms with Crippen LogP contribution in [0, 0.1) is 0 Å². The van der Waals surface area contributed by atoms with E-state index in [1.54, 1.807) is 4.31 Å². The van der Waals surface area contributed by atoms with Crippen molar-refractivity contribution in [3.8, 4) is 0 Å². The van der Waals surface area contributed by atoms with E-state index < -0.39 is 11.3 Å². The number of unbranched alkanes of at least 4 members (excludes halogenated alkanes) is 7. The van der Waals surface area contributed by atoms with E-state index in [1.807, 2.05) is 36.4 Å². The number of hydrogen-bond donors (Lipinski definition) is 2. The lowest BCUT2D eigenvalue weighted by Gasteiger charge is -2.22. The first-order valence-electron chi connectivity index (χ1n) is 9.41. The fourth-order valence-electron chi connectivity index (χ4n) is 3.22. The molecule has 0 aliphatic heterocycles. The highest BCUT2D eigenvalue weighted by Gasteiger charge is 2.15. The fraction of sp³-hybridized carbons (Fsp3) is 0.500. The Bertz CT molecular complexity index is 711. The normalized spacial score (nSPS) is 12.4. The van der Waals surface area contributed by atoms with Gasteiger partial charge in [-0.25, -0.2) is 4.21 Å². The second kappa shape index (κ2) is 11.5. The molecular weight excluding hydrogens is 368 g/mol. The van der Waals surface area contributed by atoms with E-state index in [-0.39, 0.29) is 0 Å². The predicted octanol–water partition coefficient (Wildman–Crippen LogP) is 5.52. The Hall–Kier alpha value is -1.14. The molecule has 0 radical (unpaired) electrons. The van der Waals surface area contributed by atoms with Crippen molar-refractivity contribution in [2.24, 2.45) is 5.73 Å². The summed E-state index contributed by atoms with van der Waals surface area (Å²) in [6, 6.07) is 11.3. The number of nitrogens with zero attached hydrogens (tertiary/aromatic N) is 1. The zero-order valence-electron chi connectivity index (χ0n) is 15.2. The van der Waals surface area contributed by atoms with Gasteiger partial charge in [-0.05, 0) is 31.5 Å². The van der Waals surface area contributed by atoms with Crippen LogP contribution in [0.15, 0.2) is 36.4 Å². The molecule has 0 spiro atoms. The van der Waals surface area contributed by atoms with Crippen molar-refractivity contribution in [3.05, 3.63) is 41.4 Å². The molecule has 3 N–H and O–H groups in total. The Kier molecular flexibility index (Phi) is 9.40. The second-order valence-corrected chi connectivity index (χ2v) is 7.87. The molecule has 26 heavy (non-hydrogen) atoms. The van der Waals surface area contributed by atoms with E-state index >= 15 is 0 Å². The molecule has 144 valence electrons. The van der Waals surface area contributed by atoms with E-state index in [9.17, 15) is 8.76 Å². The van der Waals surface area contributed by atoms with Crippen molar-refractivity contribution in [2.75, 3.05) is 17.4 Å². The van der Waals surface area contributed by atoms with E-state index in [1.165, 1.54) is 25.7 Å². The van der Waals surface area contributed by atoms with Crippen LogP contribution in [0.25, 0.3) is 10.8 Å². The Labute approximate surface area is 164 Å². The second-order valence-electron chi connectivity index (χ2n) is 6.56. The molecule has 0 bridgehead atoms. The smallest absolute Gasteiger partial charge is 0.261 e. The number of anilines is 1. The van der Waals surface area contributed by atoms with Gasteiger partial charge in [-0.15, -0.1) is 0 Å². The van der Waals surface area contributed by atoms with Gasteiger partial charge in [0, 0.05) is 22.3 Å². The van der Waals surface area contributed by atoms with Crippen LogP contribution in [0.1, 0.15) is 51.4 Å². The van der Waals surface area contributed by atoms with Crippen LogP contribution in [0.4, 0.5) is 5.69 Å². The summed E-state index contributed by atoms with van der Waals surface area (Å²) < 4.78 is 23.2. The summed E-state index contributed by atoms with van der Waals surface area (Å²) in [5.41, 5.74) is 6.25. The van der Waals surface area contributed by atoms with Gasteiger partial charge in [0.25, 0.3) is 11.3 Å². The molecule has 2 aromatic rings. The average Bonchev–Trinajstić information content (AvgIpc) is 2.63. The quantitative estimate of drug-likeness (QED) is 0.367. The van der Waals surface area contributed by atoms with Gasteiger partial charge in [-0.2, -0.15) is 0 Å². The highest BCUT2D eigenvalue weighted by atomic mass is 35.5. The third kappa shape index (κ3) is 6.23. The van der Waals surface area contributed by atoms with Gasteiger partial charge in [-0.3, -0.25) is 8.86 Å².